The molecule has 0 aliphatic carbocycles. The summed E-state index contributed by atoms with van der Waals surface area (Å²) in [6.45, 7) is 0. The van der Waals surface area contributed by atoms with Gasteiger partial charge in [0.1, 0.15) is 5.40 Å². The van der Waals surface area contributed by atoms with Gasteiger partial charge in [0.05, 0.1) is 28.2 Å². The molecule has 0 radical (unpaired) electrons. The van der Waals surface area contributed by atoms with Crippen molar-refractivity contribution in [1.82, 2.24) is 9.78 Å². The fourth-order valence-electron chi connectivity index (χ4n) is 3.12. The highest BCUT2D eigenvalue weighted by Gasteiger charge is 2.49. The molecule has 3 aromatic rings. The Balaban J connectivity index is 2.00. The number of aromatic nitrogens is 2. The monoisotopic (exact) mass is 423 g/mol. The van der Waals surface area contributed by atoms with Crippen LogP contribution in [-0.4, -0.2) is 47.5 Å². The lowest BCUT2D eigenvalue weighted by atomic mass is 9.64. The van der Waals surface area contributed by atoms with E-state index in [9.17, 15) is 24.3 Å². The van der Waals surface area contributed by atoms with Gasteiger partial charge in [-0.3, -0.25) is 4.79 Å². The molecule has 4 rings (SSSR count). The van der Waals surface area contributed by atoms with Gasteiger partial charge in [-0.25, -0.2) is 9.48 Å². The lowest BCUT2D eigenvalue weighted by Crippen LogP contribution is -2.58. The average molecular weight is 423 g/mol. The normalized spacial score (nSPS) is 19.2. The first-order chi connectivity index (χ1) is 14.1. The van der Waals surface area contributed by atoms with Crippen LogP contribution >= 0.6 is 9.24 Å². The topological polar surface area (TPSA) is 114 Å². The number of carbonyl (C=O) groups is 1. The molecule has 0 amide bonds. The van der Waals surface area contributed by atoms with Gasteiger partial charge < -0.3 is 14.6 Å². The number of alkyl halides is 1. The van der Waals surface area contributed by atoms with Crippen LogP contribution in [0.3, 0.4) is 0 Å². The number of carboxylic acid groups (broad SMARTS) is 1. The lowest BCUT2D eigenvalue weighted by molar-refractivity contribution is -0.0751. The minimum absolute atomic E-state index is 0.0278. The van der Waals surface area contributed by atoms with Gasteiger partial charge in [-0.15, -0.1) is 0 Å². The summed E-state index contributed by atoms with van der Waals surface area (Å²) in [4.78, 5) is 24.2. The fraction of sp³-hybridized carbons (Fsp3) is 0.111. The summed E-state index contributed by atoms with van der Waals surface area (Å²) in [6, 6.07) is 10.9. The minimum atomic E-state index is -2.15. The standard InChI is InChI=1S/C18H13B2FN3O5P/c19-17(20)18(21,30)29-11-5-4-9(6-12(11)28-17)24-10-3-1-2-8(7-22)13(10)15(25)14(23-24)16(26)27/h1-6H,19-20,30H2,(H,26,27). The number of aromatic carboxylic acids is 1. The molecule has 12 heteroatoms. The van der Waals surface area contributed by atoms with E-state index in [4.69, 9.17) is 9.47 Å². The molecule has 1 N–H and O–H groups in total. The van der Waals surface area contributed by atoms with Gasteiger partial charge in [0, 0.05) is 6.07 Å². The van der Waals surface area contributed by atoms with Crippen molar-refractivity contribution in [3.8, 4) is 23.3 Å². The van der Waals surface area contributed by atoms with Gasteiger partial charge in [0.25, 0.3) is 5.60 Å². The number of ether oxygens (including phenoxy) is 2. The third-order valence-corrected chi connectivity index (χ3v) is 5.67. The van der Waals surface area contributed by atoms with E-state index in [-0.39, 0.29) is 28.0 Å². The molecular weight excluding hydrogens is 410 g/mol. The Kier molecular flexibility index (Phi) is 4.37. The Hall–Kier alpha value is -3.37. The third kappa shape index (κ3) is 2.92. The predicted octanol–water partition coefficient (Wildman–Crippen LogP) is 0.145. The molecule has 2 atom stereocenters. The summed E-state index contributed by atoms with van der Waals surface area (Å²) in [5, 5.41) is 21.4. The van der Waals surface area contributed by atoms with Gasteiger partial charge >= 0.3 is 5.97 Å². The molecule has 1 aromatic heterocycles. The molecule has 1 aliphatic heterocycles. The van der Waals surface area contributed by atoms with Crippen LogP contribution in [0.1, 0.15) is 16.1 Å². The number of carboxylic acids is 1. The molecule has 0 bridgehead atoms. The Morgan fingerprint density at radius 1 is 1.27 bits per heavy atom. The first-order valence-electron chi connectivity index (χ1n) is 8.75. The van der Waals surface area contributed by atoms with Gasteiger partial charge in [0.2, 0.25) is 11.1 Å². The average Bonchev–Trinajstić information content (AvgIpc) is 2.67. The molecule has 8 nitrogen and oxygen atoms in total. The molecule has 2 unspecified atom stereocenters. The SMILES string of the molecule is BC1(B)Oc2cc(-n3nc(C(=O)O)c(=O)c4c(C#N)cccc43)ccc2OC1(F)P. The van der Waals surface area contributed by atoms with E-state index in [0.29, 0.717) is 5.69 Å². The quantitative estimate of drug-likeness (QED) is 0.461. The third-order valence-electron chi connectivity index (χ3n) is 4.85. The number of rotatable bonds is 2. The van der Waals surface area contributed by atoms with Crippen LogP contribution in [0.2, 0.25) is 0 Å². The summed E-state index contributed by atoms with van der Waals surface area (Å²) in [6.07, 6.45) is 0. The zero-order valence-electron chi connectivity index (χ0n) is 15.8. The molecule has 148 valence electrons. The maximum Gasteiger partial charge on any atom is 0.360 e. The highest BCUT2D eigenvalue weighted by molar-refractivity contribution is 7.19. The van der Waals surface area contributed by atoms with Crippen molar-refractivity contribution in [3.05, 3.63) is 57.9 Å². The van der Waals surface area contributed by atoms with E-state index in [1.807, 2.05) is 15.3 Å². The Bertz CT molecular complexity index is 1340. The number of hydrogen-bond donors (Lipinski definition) is 1. The molecule has 0 saturated carbocycles. The minimum Gasteiger partial charge on any atom is -0.494 e. The Morgan fingerprint density at radius 2 is 2.00 bits per heavy atom. The maximum absolute atomic E-state index is 14.7. The molecule has 2 heterocycles. The van der Waals surface area contributed by atoms with Crippen molar-refractivity contribution in [1.29, 1.82) is 5.26 Å². The van der Waals surface area contributed by atoms with E-state index >= 15 is 0 Å². The molecule has 0 saturated heterocycles. The Morgan fingerprint density at radius 3 is 2.67 bits per heavy atom. The van der Waals surface area contributed by atoms with Crippen molar-refractivity contribution in [2.45, 2.75) is 11.0 Å². The van der Waals surface area contributed by atoms with Crippen LogP contribution in [-0.2, 0) is 0 Å². The first kappa shape index (κ1) is 19.9. The number of hydrogen-bond acceptors (Lipinski definition) is 6. The summed E-state index contributed by atoms with van der Waals surface area (Å²) in [5.74, 6) is -1.15. The van der Waals surface area contributed by atoms with Crippen molar-refractivity contribution in [3.63, 3.8) is 0 Å². The van der Waals surface area contributed by atoms with Crippen LogP contribution in [0.4, 0.5) is 4.39 Å². The van der Waals surface area contributed by atoms with E-state index in [0.717, 1.165) is 0 Å². The smallest absolute Gasteiger partial charge is 0.360 e. The molecule has 30 heavy (non-hydrogen) atoms. The summed E-state index contributed by atoms with van der Waals surface area (Å²) < 4.78 is 27.1. The largest absolute Gasteiger partial charge is 0.494 e. The van der Waals surface area contributed by atoms with Crippen molar-refractivity contribution in [2.75, 3.05) is 0 Å². The lowest BCUT2D eigenvalue weighted by Gasteiger charge is -2.42. The number of halogens is 1. The van der Waals surface area contributed by atoms with Gasteiger partial charge in [-0.1, -0.05) is 15.3 Å². The number of benzene rings is 2. The van der Waals surface area contributed by atoms with Gasteiger partial charge in [-0.2, -0.15) is 14.8 Å². The first-order valence-corrected chi connectivity index (χ1v) is 9.33. The number of nitriles is 1. The summed E-state index contributed by atoms with van der Waals surface area (Å²) in [7, 11) is 5.01. The van der Waals surface area contributed by atoms with Crippen LogP contribution in [0.15, 0.2) is 41.2 Å². The fourth-order valence-corrected chi connectivity index (χ4v) is 3.31. The summed E-state index contributed by atoms with van der Waals surface area (Å²) in [5.41, 5.74) is -3.12. The van der Waals surface area contributed by atoms with Crippen LogP contribution in [0, 0.1) is 11.3 Å². The maximum atomic E-state index is 14.7. The zero-order valence-corrected chi connectivity index (χ0v) is 17.0. The van der Waals surface area contributed by atoms with E-state index < -0.39 is 28.1 Å². The zero-order chi connectivity index (χ0) is 21.8. The number of nitrogens with zero attached hydrogens (tertiary/aromatic N) is 3. The van der Waals surface area contributed by atoms with Crippen LogP contribution in [0.25, 0.3) is 16.6 Å². The predicted molar refractivity (Wildman–Crippen MR) is 114 cm³/mol. The van der Waals surface area contributed by atoms with Gasteiger partial charge in [0.15, 0.2) is 27.2 Å². The van der Waals surface area contributed by atoms with E-state index in [2.05, 4.69) is 5.10 Å². The molecule has 2 aromatic carbocycles. The molecule has 1 aliphatic rings. The molecule has 0 fully saturated rings. The van der Waals surface area contributed by atoms with E-state index in [1.165, 1.54) is 44.6 Å². The highest BCUT2D eigenvalue weighted by Crippen LogP contribution is 2.45. The second-order valence-corrected chi connectivity index (χ2v) is 7.94. The summed E-state index contributed by atoms with van der Waals surface area (Å²) >= 11 is 0. The van der Waals surface area contributed by atoms with Crippen molar-refractivity contribution in [2.24, 2.45) is 0 Å². The number of fused-ring (bicyclic) bond motifs is 2. The van der Waals surface area contributed by atoms with Crippen molar-refractivity contribution < 1.29 is 23.8 Å². The highest BCUT2D eigenvalue weighted by atomic mass is 31.0. The van der Waals surface area contributed by atoms with Crippen molar-refractivity contribution >= 4 is 41.8 Å². The molecule has 0 spiro atoms. The van der Waals surface area contributed by atoms with E-state index in [1.54, 1.807) is 12.1 Å². The second-order valence-electron chi connectivity index (χ2n) is 7.20. The molecular formula is C18H13B2FN3O5P. The second kappa shape index (κ2) is 6.57. The van der Waals surface area contributed by atoms with Crippen LogP contribution < -0.4 is 14.9 Å². The van der Waals surface area contributed by atoms with Gasteiger partial charge in [-0.05, 0) is 24.3 Å². The van der Waals surface area contributed by atoms with Crippen LogP contribution in [0.5, 0.6) is 11.5 Å². The Labute approximate surface area is 173 Å².